The first-order chi connectivity index (χ1) is 13.1. The Morgan fingerprint density at radius 2 is 2.04 bits per heavy atom. The molecule has 1 aliphatic heterocycles. The van der Waals surface area contributed by atoms with E-state index >= 15 is 0 Å². The van der Waals surface area contributed by atoms with Crippen molar-refractivity contribution >= 4 is 28.6 Å². The number of anilines is 1. The molecule has 0 bridgehead atoms. The van der Waals surface area contributed by atoms with Crippen molar-refractivity contribution in [3.8, 4) is 5.69 Å². The lowest BCUT2D eigenvalue weighted by Gasteiger charge is -2.26. The van der Waals surface area contributed by atoms with Gasteiger partial charge in [0.1, 0.15) is 5.39 Å². The van der Waals surface area contributed by atoms with E-state index in [4.69, 9.17) is 16.3 Å². The Morgan fingerprint density at radius 1 is 1.26 bits per heavy atom. The van der Waals surface area contributed by atoms with Gasteiger partial charge in [0.2, 0.25) is 5.95 Å². The van der Waals surface area contributed by atoms with E-state index in [1.165, 1.54) is 18.4 Å². The number of nitrogens with one attached hydrogen (secondary N) is 1. The van der Waals surface area contributed by atoms with Crippen molar-refractivity contribution in [2.75, 3.05) is 31.2 Å². The van der Waals surface area contributed by atoms with Gasteiger partial charge in [0.25, 0.3) is 5.56 Å². The van der Waals surface area contributed by atoms with E-state index in [0.29, 0.717) is 54.2 Å². The Labute approximate surface area is 160 Å². The van der Waals surface area contributed by atoms with E-state index in [1.54, 1.807) is 10.9 Å². The predicted octanol–water partition coefficient (Wildman–Crippen LogP) is 2.78. The second-order valence-corrected chi connectivity index (χ2v) is 7.65. The van der Waals surface area contributed by atoms with Crippen LogP contribution in [0.5, 0.6) is 0 Å². The van der Waals surface area contributed by atoms with Gasteiger partial charge < -0.3 is 9.64 Å². The van der Waals surface area contributed by atoms with Crippen LogP contribution in [0.4, 0.5) is 5.95 Å². The highest BCUT2D eigenvalue weighted by Gasteiger charge is 2.25. The van der Waals surface area contributed by atoms with Crippen LogP contribution in [0.1, 0.15) is 29.9 Å². The lowest BCUT2D eigenvalue weighted by Crippen LogP contribution is -2.38. The molecule has 1 saturated heterocycles. The molecule has 1 N–H and O–H groups in total. The fraction of sp³-hybridized carbons (Fsp3) is 0.421. The normalized spacial score (nSPS) is 17.6. The van der Waals surface area contributed by atoms with E-state index in [2.05, 4.69) is 21.1 Å². The molecular weight excluding hydrogens is 366 g/mol. The number of hydrogen-bond acceptors (Lipinski definition) is 5. The lowest BCUT2D eigenvalue weighted by atomic mass is 10.1. The number of halogens is 1. The van der Waals surface area contributed by atoms with Crippen LogP contribution in [0.15, 0.2) is 23.1 Å². The Bertz CT molecular complexity index is 1060. The molecule has 1 aromatic carbocycles. The highest BCUT2D eigenvalue weighted by molar-refractivity contribution is 6.32. The molecule has 0 spiro atoms. The first kappa shape index (κ1) is 16.8. The quantitative estimate of drug-likeness (QED) is 0.750. The van der Waals surface area contributed by atoms with Gasteiger partial charge >= 0.3 is 0 Å². The van der Waals surface area contributed by atoms with E-state index in [1.807, 2.05) is 17.9 Å². The summed E-state index contributed by atoms with van der Waals surface area (Å²) in [6, 6.07) is 4.19. The zero-order chi connectivity index (χ0) is 18.5. The molecule has 8 heteroatoms. The summed E-state index contributed by atoms with van der Waals surface area (Å²) in [4.78, 5) is 22.0. The molecule has 5 rings (SSSR count). The van der Waals surface area contributed by atoms with Gasteiger partial charge in [-0.2, -0.15) is 4.98 Å². The molecular formula is C19H20ClN5O2. The molecule has 0 unspecified atom stereocenters. The number of morpholine rings is 1. The number of ether oxygens (including phenoxy) is 1. The summed E-state index contributed by atoms with van der Waals surface area (Å²) < 4.78 is 7.03. The Kier molecular flexibility index (Phi) is 3.94. The average molecular weight is 386 g/mol. The smallest absolute Gasteiger partial charge is 0.263 e. The van der Waals surface area contributed by atoms with E-state index in [0.717, 1.165) is 11.3 Å². The molecule has 2 aliphatic rings. The van der Waals surface area contributed by atoms with Crippen LogP contribution >= 0.6 is 11.6 Å². The monoisotopic (exact) mass is 385 g/mol. The first-order valence-corrected chi connectivity index (χ1v) is 9.61. The maximum Gasteiger partial charge on any atom is 0.263 e. The molecule has 1 saturated carbocycles. The second kappa shape index (κ2) is 6.35. The fourth-order valence-corrected chi connectivity index (χ4v) is 4.01. The number of aromatic nitrogens is 4. The summed E-state index contributed by atoms with van der Waals surface area (Å²) in [7, 11) is 0. The number of nitrogens with zero attached hydrogens (tertiary/aromatic N) is 4. The number of aromatic amines is 1. The summed E-state index contributed by atoms with van der Waals surface area (Å²) in [6.07, 6.45) is 4.16. The Hall–Kier alpha value is -2.38. The average Bonchev–Trinajstić information content (AvgIpc) is 3.42. The third kappa shape index (κ3) is 3.00. The van der Waals surface area contributed by atoms with Crippen LogP contribution in [-0.2, 0) is 4.74 Å². The van der Waals surface area contributed by atoms with Crippen LogP contribution in [0.2, 0.25) is 5.02 Å². The minimum absolute atomic E-state index is 0.198. The van der Waals surface area contributed by atoms with Gasteiger partial charge in [0.15, 0.2) is 5.65 Å². The van der Waals surface area contributed by atoms with Crippen molar-refractivity contribution in [2.24, 2.45) is 0 Å². The topological polar surface area (TPSA) is 76.0 Å². The van der Waals surface area contributed by atoms with Gasteiger partial charge in [0.05, 0.1) is 23.9 Å². The summed E-state index contributed by atoms with van der Waals surface area (Å²) in [5.74, 6) is 1.17. The van der Waals surface area contributed by atoms with E-state index in [-0.39, 0.29) is 5.56 Å². The number of benzene rings is 1. The minimum atomic E-state index is -0.198. The fourth-order valence-electron chi connectivity index (χ4n) is 3.65. The zero-order valence-electron chi connectivity index (χ0n) is 15.0. The van der Waals surface area contributed by atoms with Crippen LogP contribution in [-0.4, -0.2) is 46.1 Å². The molecule has 2 aromatic heterocycles. The van der Waals surface area contributed by atoms with Crippen molar-refractivity contribution in [2.45, 2.75) is 25.7 Å². The number of hydrogen-bond donors (Lipinski definition) is 1. The van der Waals surface area contributed by atoms with Crippen molar-refractivity contribution < 1.29 is 4.74 Å². The van der Waals surface area contributed by atoms with Crippen molar-refractivity contribution in [3.05, 3.63) is 44.8 Å². The third-order valence-electron chi connectivity index (χ3n) is 5.24. The van der Waals surface area contributed by atoms with Gasteiger partial charge in [-0.25, -0.2) is 4.68 Å². The first-order valence-electron chi connectivity index (χ1n) is 9.23. The zero-order valence-corrected chi connectivity index (χ0v) is 15.8. The number of aryl methyl sites for hydroxylation is 1. The summed E-state index contributed by atoms with van der Waals surface area (Å²) in [5, 5.41) is 5.65. The Morgan fingerprint density at radius 3 is 2.74 bits per heavy atom. The van der Waals surface area contributed by atoms with Gasteiger partial charge in [0, 0.05) is 19.3 Å². The molecule has 0 radical (unpaired) electrons. The number of rotatable bonds is 3. The van der Waals surface area contributed by atoms with E-state index in [9.17, 15) is 4.79 Å². The van der Waals surface area contributed by atoms with Crippen LogP contribution in [0.25, 0.3) is 16.7 Å². The Balaban J connectivity index is 1.58. The molecule has 27 heavy (non-hydrogen) atoms. The molecule has 3 heterocycles. The number of H-pyrrole nitrogens is 1. The van der Waals surface area contributed by atoms with Crippen molar-refractivity contribution in [1.29, 1.82) is 0 Å². The van der Waals surface area contributed by atoms with Crippen LogP contribution < -0.4 is 10.5 Å². The second-order valence-electron chi connectivity index (χ2n) is 7.24. The van der Waals surface area contributed by atoms with Crippen molar-refractivity contribution in [1.82, 2.24) is 19.7 Å². The largest absolute Gasteiger partial charge is 0.378 e. The predicted molar refractivity (Wildman–Crippen MR) is 104 cm³/mol. The summed E-state index contributed by atoms with van der Waals surface area (Å²) in [5.41, 5.74) is 3.34. The lowest BCUT2D eigenvalue weighted by molar-refractivity contribution is 0.122. The van der Waals surface area contributed by atoms with Crippen LogP contribution in [0.3, 0.4) is 0 Å². The highest BCUT2D eigenvalue weighted by atomic mass is 35.5. The molecule has 7 nitrogen and oxygen atoms in total. The van der Waals surface area contributed by atoms with E-state index < -0.39 is 0 Å². The maximum absolute atomic E-state index is 12.6. The molecule has 3 aromatic rings. The molecule has 140 valence electrons. The van der Waals surface area contributed by atoms with Crippen LogP contribution in [0, 0.1) is 6.92 Å². The van der Waals surface area contributed by atoms with Gasteiger partial charge in [-0.05, 0) is 42.9 Å². The summed E-state index contributed by atoms with van der Waals surface area (Å²) >= 11 is 6.57. The molecule has 0 amide bonds. The van der Waals surface area contributed by atoms with Crippen molar-refractivity contribution in [3.63, 3.8) is 0 Å². The van der Waals surface area contributed by atoms with Gasteiger partial charge in [-0.1, -0.05) is 17.7 Å². The molecule has 0 atom stereocenters. The summed E-state index contributed by atoms with van der Waals surface area (Å²) in [6.45, 7) is 4.67. The SMILES string of the molecule is Cc1cc(C2CC2)cc(Cl)c1-n1cc2c(=O)[nH]c(N3CCOCC3)nc2n1. The highest BCUT2D eigenvalue weighted by Crippen LogP contribution is 2.42. The third-order valence-corrected chi connectivity index (χ3v) is 5.53. The molecule has 1 aliphatic carbocycles. The molecule has 2 fully saturated rings. The van der Waals surface area contributed by atoms with Gasteiger partial charge in [-0.3, -0.25) is 9.78 Å². The standard InChI is InChI=1S/C19H20ClN5O2/c1-11-8-13(12-2-3-12)9-15(20)16(11)25-10-14-17(23-25)21-19(22-18(14)26)24-4-6-27-7-5-24/h8-10,12H,2-7H2,1H3,(H,21,22,23,26). The van der Waals surface area contributed by atoms with Gasteiger partial charge in [-0.15, -0.1) is 5.10 Å². The maximum atomic E-state index is 12.6. The minimum Gasteiger partial charge on any atom is -0.378 e. The number of fused-ring (bicyclic) bond motifs is 1.